The van der Waals surface area contributed by atoms with Gasteiger partial charge in [-0.15, -0.1) is 0 Å². The fourth-order valence-electron chi connectivity index (χ4n) is 6.15. The van der Waals surface area contributed by atoms with E-state index in [4.69, 9.17) is 27.3 Å². The maximum absolute atomic E-state index is 11.6. The molecular weight excluding hydrogens is 559 g/mol. The highest BCUT2D eigenvalue weighted by molar-refractivity contribution is 6.13. The Morgan fingerprint density at radius 2 is 1.91 bits per heavy atom. The molecule has 0 bridgehead atoms. The van der Waals surface area contributed by atoms with Gasteiger partial charge in [0.15, 0.2) is 13.5 Å². The molecule has 224 valence electrons. The van der Waals surface area contributed by atoms with E-state index in [1.807, 2.05) is 25.2 Å². The van der Waals surface area contributed by atoms with Crippen molar-refractivity contribution in [1.29, 1.82) is 0 Å². The Bertz CT molecular complexity index is 1840. The number of hydrogen-bond donors (Lipinski definition) is 2. The molecule has 2 aliphatic rings. The van der Waals surface area contributed by atoms with Crippen LogP contribution >= 0.6 is 0 Å². The fourth-order valence-corrected chi connectivity index (χ4v) is 6.15. The van der Waals surface area contributed by atoms with Crippen molar-refractivity contribution in [1.82, 2.24) is 29.2 Å². The summed E-state index contributed by atoms with van der Waals surface area (Å²) in [6.45, 7) is 3.78. The monoisotopic (exact) mass is 592 g/mol. The van der Waals surface area contributed by atoms with Gasteiger partial charge < -0.3 is 24.3 Å². The Hall–Kier alpha value is -4.26. The second-order valence-corrected chi connectivity index (χ2v) is 11.7. The normalized spacial score (nSPS) is 19.2. The van der Waals surface area contributed by atoms with Crippen LogP contribution in [0.4, 0.5) is 0 Å². The minimum absolute atomic E-state index is 0.121. The molecule has 0 amide bonds. The zero-order chi connectivity index (χ0) is 30.4. The van der Waals surface area contributed by atoms with Gasteiger partial charge in [0, 0.05) is 42.3 Å². The predicted molar refractivity (Wildman–Crippen MR) is 164 cm³/mol. The summed E-state index contributed by atoms with van der Waals surface area (Å²) in [5.41, 5.74) is 1.95. The van der Waals surface area contributed by atoms with Crippen LogP contribution in [0.2, 0.25) is 0 Å². The lowest BCUT2D eigenvalue weighted by atomic mass is 9.86. The molecule has 0 aliphatic carbocycles. The molecule has 5 heterocycles. The highest BCUT2D eigenvalue weighted by Gasteiger charge is 2.28. The van der Waals surface area contributed by atoms with Crippen molar-refractivity contribution >= 4 is 35.8 Å². The lowest BCUT2D eigenvalue weighted by Crippen LogP contribution is -2.35. The van der Waals surface area contributed by atoms with E-state index in [9.17, 15) is 15.0 Å². The summed E-state index contributed by atoms with van der Waals surface area (Å²) in [6, 6.07) is 16.0. The largest absolute Gasteiger partial charge is 0.478 e. The summed E-state index contributed by atoms with van der Waals surface area (Å²) in [5.74, 6) is 0.449. The Balaban J connectivity index is 1.03. The van der Waals surface area contributed by atoms with Crippen molar-refractivity contribution < 1.29 is 24.5 Å². The number of aliphatic hydroxyl groups is 1. The van der Waals surface area contributed by atoms with E-state index in [1.54, 1.807) is 47.3 Å². The number of piperidine rings is 1. The summed E-state index contributed by atoms with van der Waals surface area (Å²) in [5, 5.41) is 25.7. The molecule has 2 fully saturated rings. The molecule has 2 unspecified atom stereocenters. The van der Waals surface area contributed by atoms with Crippen LogP contribution < -0.4 is 4.74 Å². The van der Waals surface area contributed by atoms with Crippen molar-refractivity contribution in [3.63, 3.8) is 0 Å². The number of fused-ring (bicyclic) bond motifs is 2. The summed E-state index contributed by atoms with van der Waals surface area (Å²) in [4.78, 5) is 23.6. The molecule has 2 atom stereocenters. The number of nitrogens with zero attached hydrogens (tertiary/aromatic N) is 6. The van der Waals surface area contributed by atoms with E-state index in [1.165, 1.54) is 0 Å². The number of imidazole rings is 1. The predicted octanol–water partition coefficient (Wildman–Crippen LogP) is 3.53. The van der Waals surface area contributed by atoms with Crippen LogP contribution in [-0.4, -0.2) is 79.0 Å². The van der Waals surface area contributed by atoms with Crippen molar-refractivity contribution in [2.24, 2.45) is 7.05 Å². The number of carboxylic acids is 1. The van der Waals surface area contributed by atoms with Gasteiger partial charge in [0.25, 0.3) is 0 Å². The van der Waals surface area contributed by atoms with Crippen LogP contribution in [0.25, 0.3) is 21.9 Å². The third-order valence-corrected chi connectivity index (χ3v) is 8.79. The zero-order valence-corrected chi connectivity index (χ0v) is 24.5. The molecule has 2 aliphatic heterocycles. The van der Waals surface area contributed by atoms with Crippen LogP contribution in [0.3, 0.4) is 0 Å². The Kier molecular flexibility index (Phi) is 7.35. The topological polar surface area (TPSA) is 128 Å². The molecule has 12 heteroatoms. The molecule has 7 rings (SSSR count). The number of aryl methyl sites for hydroxylation is 1. The first kappa shape index (κ1) is 28.5. The van der Waals surface area contributed by atoms with Gasteiger partial charge in [0.1, 0.15) is 5.82 Å². The molecule has 2 aromatic carbocycles. The van der Waals surface area contributed by atoms with Gasteiger partial charge in [-0.2, -0.15) is 5.10 Å². The number of pyridine rings is 1. The maximum atomic E-state index is 11.6. The third-order valence-electron chi connectivity index (χ3n) is 8.79. The van der Waals surface area contributed by atoms with E-state index >= 15 is 0 Å². The lowest BCUT2D eigenvalue weighted by molar-refractivity contribution is -0.0704. The van der Waals surface area contributed by atoms with Crippen LogP contribution in [0, 0.1) is 0 Å². The second kappa shape index (κ2) is 11.3. The van der Waals surface area contributed by atoms with Gasteiger partial charge in [0.05, 0.1) is 47.5 Å². The van der Waals surface area contributed by atoms with E-state index in [-0.39, 0.29) is 23.5 Å². The lowest BCUT2D eigenvalue weighted by Gasteiger charge is -2.32. The minimum atomic E-state index is -2.06. The first-order chi connectivity index (χ1) is 21.2. The number of benzene rings is 2. The van der Waals surface area contributed by atoms with Crippen LogP contribution in [0.1, 0.15) is 52.6 Å². The SMILES string of the molecule is [B]C(O)(Oc1cccc(C2CCN(Cc3nc4ccc(C(=O)O)cc4n3CC3CCO3)CC2)n1)c1ccc2cnn(C)c2c1. The van der Waals surface area contributed by atoms with Gasteiger partial charge in [0.2, 0.25) is 5.88 Å². The highest BCUT2D eigenvalue weighted by atomic mass is 16.6. The van der Waals surface area contributed by atoms with Gasteiger partial charge >= 0.3 is 5.97 Å². The average Bonchev–Trinajstić information content (AvgIpc) is 3.53. The number of aromatic carboxylic acids is 1. The average molecular weight is 592 g/mol. The first-order valence-electron chi connectivity index (χ1n) is 14.9. The molecule has 2 radical (unpaired) electrons. The minimum Gasteiger partial charge on any atom is -0.478 e. The zero-order valence-electron chi connectivity index (χ0n) is 24.5. The number of carboxylic acid groups (broad SMARTS) is 1. The van der Waals surface area contributed by atoms with E-state index in [0.29, 0.717) is 18.7 Å². The standard InChI is InChI=1S/C32H33BN6O5/c1-37-27-16-23(7-5-22(27)17-34-37)32(33,42)44-30-4-2-3-25(36-30)20-9-12-38(13-10-20)19-29-35-26-8-6-21(31(40)41)15-28(26)39(29)18-24-11-14-43-24/h2-8,15-17,20,24,42H,9-14,18-19H2,1H3,(H,40,41). The van der Waals surface area contributed by atoms with Gasteiger partial charge in [-0.1, -0.05) is 18.2 Å². The van der Waals surface area contributed by atoms with Crippen molar-refractivity contribution in [3.05, 3.63) is 83.4 Å². The maximum Gasteiger partial charge on any atom is 0.335 e. The molecule has 0 saturated carbocycles. The van der Waals surface area contributed by atoms with Gasteiger partial charge in [-0.3, -0.25) is 9.58 Å². The van der Waals surface area contributed by atoms with Crippen LogP contribution in [0.5, 0.6) is 5.88 Å². The Labute approximate surface area is 255 Å². The van der Waals surface area contributed by atoms with Crippen LogP contribution in [0.15, 0.2) is 60.8 Å². The summed E-state index contributed by atoms with van der Waals surface area (Å²) < 4.78 is 15.4. The number of likely N-dealkylation sites (tertiary alicyclic amines) is 1. The van der Waals surface area contributed by atoms with E-state index in [0.717, 1.165) is 72.4 Å². The summed E-state index contributed by atoms with van der Waals surface area (Å²) in [7, 11) is 8.05. The molecule has 0 spiro atoms. The van der Waals surface area contributed by atoms with E-state index in [2.05, 4.69) is 14.6 Å². The Morgan fingerprint density at radius 3 is 2.66 bits per heavy atom. The number of hydrogen-bond acceptors (Lipinski definition) is 8. The third kappa shape index (κ3) is 5.56. The molecule has 3 aromatic heterocycles. The van der Waals surface area contributed by atoms with Gasteiger partial charge in [-0.25, -0.2) is 14.8 Å². The fraction of sp³-hybridized carbons (Fsp3) is 0.375. The van der Waals surface area contributed by atoms with Crippen molar-refractivity contribution in [2.75, 3.05) is 19.7 Å². The molecule has 2 saturated heterocycles. The smallest absolute Gasteiger partial charge is 0.335 e. The Morgan fingerprint density at radius 1 is 1.09 bits per heavy atom. The van der Waals surface area contributed by atoms with Gasteiger partial charge in [-0.05, 0) is 62.7 Å². The summed E-state index contributed by atoms with van der Waals surface area (Å²) in [6.07, 6.45) is 4.66. The quantitative estimate of drug-likeness (QED) is 0.195. The molecular formula is C32H33BN6O5. The molecule has 44 heavy (non-hydrogen) atoms. The van der Waals surface area contributed by atoms with Crippen molar-refractivity contribution in [3.8, 4) is 5.88 Å². The molecule has 5 aromatic rings. The van der Waals surface area contributed by atoms with Crippen molar-refractivity contribution in [2.45, 2.75) is 50.1 Å². The second-order valence-electron chi connectivity index (χ2n) is 11.7. The number of carbonyl (C=O) groups is 1. The first-order valence-corrected chi connectivity index (χ1v) is 14.9. The van der Waals surface area contributed by atoms with Crippen LogP contribution in [-0.2, 0) is 30.6 Å². The summed E-state index contributed by atoms with van der Waals surface area (Å²) >= 11 is 0. The van der Waals surface area contributed by atoms with E-state index < -0.39 is 11.7 Å². The number of aromatic nitrogens is 5. The number of rotatable bonds is 9. The molecule has 2 N–H and O–H groups in total. The number of ether oxygens (including phenoxy) is 2. The molecule has 11 nitrogen and oxygen atoms in total. The highest BCUT2D eigenvalue weighted by Crippen LogP contribution is 2.31.